The molecule has 5 heteroatoms. The molecule has 0 unspecified atom stereocenters. The summed E-state index contributed by atoms with van der Waals surface area (Å²) < 4.78 is 0. The fraction of sp³-hybridized carbons (Fsp3) is 0.167. The molecule has 0 aliphatic heterocycles. The highest BCUT2D eigenvalue weighted by molar-refractivity contribution is 15.0. The third-order valence-corrected chi connectivity index (χ3v) is 2.01. The summed E-state index contributed by atoms with van der Waals surface area (Å²) in [5, 5.41) is 3.16. The molecule has 0 spiro atoms. The Morgan fingerprint density at radius 2 is 1.47 bits per heavy atom. The molecule has 2 aromatic rings. The van der Waals surface area contributed by atoms with E-state index >= 15 is 0 Å². The number of hydrogen-bond acceptors (Lipinski definition) is 3. The average molecular weight is 453 g/mol. The van der Waals surface area contributed by atoms with E-state index in [0.29, 0.717) is 5.95 Å². The second-order valence-corrected chi connectivity index (χ2v) is 3.47. The maximum Gasteiger partial charge on any atom is 0.227 e. The maximum absolute atomic E-state index is 4.31. The molecule has 2 rings (SSSR count). The fourth-order valence-corrected chi connectivity index (χ4v) is 1.43. The van der Waals surface area contributed by atoms with Crippen LogP contribution in [-0.4, -0.2) is 9.97 Å². The van der Waals surface area contributed by atoms with Crippen LogP contribution in [-0.2, 0) is 0 Å². The van der Waals surface area contributed by atoms with Crippen molar-refractivity contribution in [3.8, 4) is 0 Å². The Morgan fingerprint density at radius 3 is 2.00 bits per heavy atom. The van der Waals surface area contributed by atoms with Gasteiger partial charge < -0.3 is 5.32 Å². The third-order valence-electron chi connectivity index (χ3n) is 2.01. The highest BCUT2D eigenvalue weighted by atomic mass is 128. The number of benzene rings is 1. The van der Waals surface area contributed by atoms with Crippen LogP contribution in [0.25, 0.3) is 0 Å². The van der Waals surface area contributed by atoms with Crippen LogP contribution in [0.3, 0.4) is 0 Å². The van der Waals surface area contributed by atoms with E-state index in [1.165, 1.54) is 0 Å². The first-order valence-corrected chi connectivity index (χ1v) is 11.3. The molecule has 90 valence electrons. The summed E-state index contributed by atoms with van der Waals surface area (Å²) in [6.07, 6.45) is 0. The van der Waals surface area contributed by atoms with Crippen LogP contribution in [0.15, 0.2) is 36.4 Å². The third kappa shape index (κ3) is 5.15. The average Bonchev–Trinajstić information content (AvgIpc) is 2.31. The van der Waals surface area contributed by atoms with Crippen molar-refractivity contribution in [1.82, 2.24) is 9.97 Å². The van der Waals surface area contributed by atoms with Gasteiger partial charge in [0.15, 0.2) is 0 Å². The first-order chi connectivity index (χ1) is 8.24. The molecule has 1 aromatic heterocycles. The first-order valence-electron chi connectivity index (χ1n) is 5.03. The molecule has 0 aliphatic carbocycles. The van der Waals surface area contributed by atoms with Gasteiger partial charge in [-0.1, -0.05) is 18.2 Å². The number of halogens is 2. The van der Waals surface area contributed by atoms with Gasteiger partial charge in [0.25, 0.3) is 0 Å². The summed E-state index contributed by atoms with van der Waals surface area (Å²) in [5.74, 6) is 0.652. The minimum atomic E-state index is 0.652. The van der Waals surface area contributed by atoms with Gasteiger partial charge in [-0.05, 0) is 32.0 Å². The van der Waals surface area contributed by atoms with Gasteiger partial charge in [-0.25, -0.2) is 9.97 Å². The lowest BCUT2D eigenvalue weighted by molar-refractivity contribution is 1.06. The van der Waals surface area contributed by atoms with E-state index in [1.807, 2.05) is 50.2 Å². The highest BCUT2D eigenvalue weighted by Gasteiger charge is 1.98. The maximum atomic E-state index is 4.31. The minimum absolute atomic E-state index is 0.652. The van der Waals surface area contributed by atoms with Crippen LogP contribution in [0.1, 0.15) is 11.4 Å². The van der Waals surface area contributed by atoms with E-state index in [1.54, 1.807) is 0 Å². The normalized spacial score (nSPS) is 9.18. The zero-order chi connectivity index (χ0) is 12.7. The highest BCUT2D eigenvalue weighted by Crippen LogP contribution is 2.12. The van der Waals surface area contributed by atoms with Crippen molar-refractivity contribution in [2.24, 2.45) is 0 Å². The Labute approximate surface area is 125 Å². The Morgan fingerprint density at radius 1 is 0.941 bits per heavy atom. The number of nitrogens with zero attached hydrogens (tertiary/aromatic N) is 2. The topological polar surface area (TPSA) is 37.8 Å². The van der Waals surface area contributed by atoms with E-state index in [2.05, 4.69) is 52.5 Å². The molecule has 17 heavy (non-hydrogen) atoms. The van der Waals surface area contributed by atoms with E-state index in [9.17, 15) is 0 Å². The number of rotatable bonds is 2. The molecular weight excluding hydrogens is 440 g/mol. The van der Waals surface area contributed by atoms with Crippen LogP contribution in [0.2, 0.25) is 0 Å². The summed E-state index contributed by atoms with van der Waals surface area (Å²) >= 11 is 4.24. The SMILES string of the molecule is Cc1cc(C)nc(Nc2ccccc2)n1.II. The lowest BCUT2D eigenvalue weighted by atomic mass is 10.3. The Hall–Kier alpha value is -0.440. The summed E-state index contributed by atoms with van der Waals surface area (Å²) in [6.45, 7) is 3.93. The van der Waals surface area contributed by atoms with Gasteiger partial charge in [0.1, 0.15) is 0 Å². The van der Waals surface area contributed by atoms with E-state index in [0.717, 1.165) is 17.1 Å². The zero-order valence-electron chi connectivity index (χ0n) is 9.61. The van der Waals surface area contributed by atoms with Gasteiger partial charge in [0, 0.05) is 54.3 Å². The molecule has 0 saturated carbocycles. The fourth-order valence-electron chi connectivity index (χ4n) is 1.43. The number of hydrogen-bond donors (Lipinski definition) is 1. The minimum Gasteiger partial charge on any atom is -0.324 e. The molecule has 0 aliphatic rings. The Bertz CT molecular complexity index is 440. The largest absolute Gasteiger partial charge is 0.324 e. The molecule has 0 saturated heterocycles. The number of nitrogens with one attached hydrogen (secondary N) is 1. The molecule has 0 radical (unpaired) electrons. The summed E-state index contributed by atoms with van der Waals surface area (Å²) in [6, 6.07) is 11.9. The molecule has 0 amide bonds. The molecule has 0 atom stereocenters. The lowest BCUT2D eigenvalue weighted by Gasteiger charge is -2.05. The number of anilines is 2. The van der Waals surface area contributed by atoms with Crippen molar-refractivity contribution in [1.29, 1.82) is 0 Å². The number of aromatic nitrogens is 2. The monoisotopic (exact) mass is 453 g/mol. The predicted octanol–water partition coefficient (Wildman–Crippen LogP) is 4.61. The standard InChI is InChI=1S/C12H13N3.I2/c1-9-8-10(2)14-12(13-9)15-11-6-4-3-5-7-11;1-2/h3-8H,1-2H3,(H,13,14,15);. The summed E-state index contributed by atoms with van der Waals surface area (Å²) in [7, 11) is 0. The molecule has 1 heterocycles. The molecule has 0 fully saturated rings. The van der Waals surface area contributed by atoms with E-state index in [4.69, 9.17) is 0 Å². The van der Waals surface area contributed by atoms with Crippen LogP contribution < -0.4 is 5.32 Å². The van der Waals surface area contributed by atoms with Crippen LogP contribution in [0, 0.1) is 13.8 Å². The van der Waals surface area contributed by atoms with Crippen LogP contribution >= 0.6 is 37.2 Å². The number of para-hydroxylation sites is 1. The van der Waals surface area contributed by atoms with Crippen molar-refractivity contribution in [3.63, 3.8) is 0 Å². The quantitative estimate of drug-likeness (QED) is 0.676. The number of aryl methyl sites for hydroxylation is 2. The van der Waals surface area contributed by atoms with Crippen LogP contribution in [0.4, 0.5) is 11.6 Å². The van der Waals surface area contributed by atoms with Gasteiger partial charge in [0.2, 0.25) is 5.95 Å². The summed E-state index contributed by atoms with van der Waals surface area (Å²) in [5.41, 5.74) is 2.95. The van der Waals surface area contributed by atoms with Crippen LogP contribution in [0.5, 0.6) is 0 Å². The Balaban J connectivity index is 0.000000686. The van der Waals surface area contributed by atoms with Gasteiger partial charge in [-0.2, -0.15) is 0 Å². The molecule has 1 aromatic carbocycles. The van der Waals surface area contributed by atoms with Gasteiger partial charge in [-0.15, -0.1) is 0 Å². The van der Waals surface area contributed by atoms with E-state index < -0.39 is 0 Å². The Kier molecular flexibility index (Phi) is 6.71. The van der Waals surface area contributed by atoms with Crippen molar-refractivity contribution in [2.75, 3.05) is 5.32 Å². The van der Waals surface area contributed by atoms with Crippen molar-refractivity contribution in [3.05, 3.63) is 47.8 Å². The zero-order valence-corrected chi connectivity index (χ0v) is 13.9. The predicted molar refractivity (Wildman–Crippen MR) is 89.3 cm³/mol. The smallest absolute Gasteiger partial charge is 0.227 e. The van der Waals surface area contributed by atoms with Crippen molar-refractivity contribution in [2.45, 2.75) is 13.8 Å². The van der Waals surface area contributed by atoms with Crippen molar-refractivity contribution >= 4 is 48.9 Å². The van der Waals surface area contributed by atoms with E-state index in [-0.39, 0.29) is 0 Å². The molecule has 0 bridgehead atoms. The van der Waals surface area contributed by atoms with Gasteiger partial charge in [0.05, 0.1) is 0 Å². The van der Waals surface area contributed by atoms with Crippen molar-refractivity contribution < 1.29 is 0 Å². The second kappa shape index (κ2) is 7.80. The molecular formula is C12H13I2N3. The summed E-state index contributed by atoms with van der Waals surface area (Å²) in [4.78, 5) is 8.61. The van der Waals surface area contributed by atoms with Gasteiger partial charge in [-0.3, -0.25) is 0 Å². The second-order valence-electron chi connectivity index (χ2n) is 3.47. The van der Waals surface area contributed by atoms with Gasteiger partial charge >= 0.3 is 0 Å². The lowest BCUT2D eigenvalue weighted by Crippen LogP contribution is -1.99. The molecule has 1 N–H and O–H groups in total. The molecule has 3 nitrogen and oxygen atoms in total. The first kappa shape index (κ1) is 14.6.